The first-order valence-corrected chi connectivity index (χ1v) is 5.39. The van der Waals surface area contributed by atoms with Crippen LogP contribution in [0.4, 0.5) is 0 Å². The Morgan fingerprint density at radius 3 is 3.13 bits per heavy atom. The molecule has 1 unspecified atom stereocenters. The Balaban J connectivity index is 2.01. The smallest absolute Gasteiger partial charge is 0.271 e. The highest BCUT2D eigenvalue weighted by molar-refractivity contribution is 7.07. The Labute approximate surface area is 90.6 Å². The lowest BCUT2D eigenvalue weighted by atomic mass is 10.2. The molecular weight excluding hydrogens is 212 g/mol. The standard InChI is InChI=1S/C9H10N4OS/c1-6(7-2-11-12-3-7)13-9(14)8-4-15-5-10-8/h2-6H,1H3,(H,11,12)(H,13,14). The highest BCUT2D eigenvalue weighted by atomic mass is 32.1. The van der Waals surface area contributed by atoms with E-state index in [9.17, 15) is 4.79 Å². The molecule has 0 radical (unpaired) electrons. The Kier molecular flexibility index (Phi) is 2.77. The van der Waals surface area contributed by atoms with Gasteiger partial charge >= 0.3 is 0 Å². The fourth-order valence-electron chi connectivity index (χ4n) is 1.18. The third kappa shape index (κ3) is 2.21. The predicted molar refractivity (Wildman–Crippen MR) is 56.6 cm³/mol. The van der Waals surface area contributed by atoms with E-state index in [1.54, 1.807) is 23.3 Å². The van der Waals surface area contributed by atoms with Crippen LogP contribution in [0.15, 0.2) is 23.3 Å². The summed E-state index contributed by atoms with van der Waals surface area (Å²) in [5.41, 5.74) is 3.03. The second kappa shape index (κ2) is 4.22. The van der Waals surface area contributed by atoms with Crippen LogP contribution in [0.2, 0.25) is 0 Å². The van der Waals surface area contributed by atoms with E-state index < -0.39 is 0 Å². The molecule has 2 rings (SSSR count). The molecule has 2 heterocycles. The molecule has 78 valence electrons. The Hall–Kier alpha value is -1.69. The summed E-state index contributed by atoms with van der Waals surface area (Å²) >= 11 is 1.40. The van der Waals surface area contributed by atoms with Crippen LogP contribution in [0, 0.1) is 0 Å². The molecule has 0 aliphatic carbocycles. The van der Waals surface area contributed by atoms with E-state index >= 15 is 0 Å². The summed E-state index contributed by atoms with van der Waals surface area (Å²) in [7, 11) is 0. The molecule has 0 saturated carbocycles. The molecular formula is C9H10N4OS. The minimum atomic E-state index is -0.162. The van der Waals surface area contributed by atoms with Gasteiger partial charge in [-0.1, -0.05) is 0 Å². The number of nitrogens with zero attached hydrogens (tertiary/aromatic N) is 2. The minimum Gasteiger partial charge on any atom is -0.344 e. The van der Waals surface area contributed by atoms with E-state index in [0.717, 1.165) is 5.56 Å². The molecule has 1 atom stereocenters. The fraction of sp³-hybridized carbons (Fsp3) is 0.222. The van der Waals surface area contributed by atoms with Crippen LogP contribution in [0.3, 0.4) is 0 Å². The van der Waals surface area contributed by atoms with Gasteiger partial charge in [-0.15, -0.1) is 11.3 Å². The van der Waals surface area contributed by atoms with E-state index in [1.807, 2.05) is 6.92 Å². The number of aromatic amines is 1. The predicted octanol–water partition coefficient (Wildman–Crippen LogP) is 1.36. The van der Waals surface area contributed by atoms with Crippen molar-refractivity contribution in [2.45, 2.75) is 13.0 Å². The van der Waals surface area contributed by atoms with Gasteiger partial charge in [-0.3, -0.25) is 9.89 Å². The van der Waals surface area contributed by atoms with Crippen LogP contribution in [0.1, 0.15) is 29.0 Å². The third-order valence-electron chi connectivity index (χ3n) is 2.03. The summed E-state index contributed by atoms with van der Waals surface area (Å²) in [4.78, 5) is 15.5. The van der Waals surface area contributed by atoms with E-state index in [1.165, 1.54) is 11.3 Å². The summed E-state index contributed by atoms with van der Waals surface area (Å²) < 4.78 is 0. The van der Waals surface area contributed by atoms with E-state index in [4.69, 9.17) is 0 Å². The summed E-state index contributed by atoms with van der Waals surface area (Å²) in [6.45, 7) is 1.90. The van der Waals surface area contributed by atoms with Crippen LogP contribution >= 0.6 is 11.3 Å². The average molecular weight is 222 g/mol. The first kappa shape index (κ1) is 9.85. The molecule has 5 nitrogen and oxygen atoms in total. The first-order valence-electron chi connectivity index (χ1n) is 4.45. The van der Waals surface area contributed by atoms with Crippen molar-refractivity contribution in [1.29, 1.82) is 0 Å². The molecule has 0 aromatic carbocycles. The fourth-order valence-corrected chi connectivity index (χ4v) is 1.71. The maximum atomic E-state index is 11.6. The van der Waals surface area contributed by atoms with Crippen molar-refractivity contribution in [2.75, 3.05) is 0 Å². The van der Waals surface area contributed by atoms with Crippen LogP contribution < -0.4 is 5.32 Å². The summed E-state index contributed by atoms with van der Waals surface area (Å²) in [5, 5.41) is 11.1. The zero-order valence-electron chi connectivity index (χ0n) is 8.10. The highest BCUT2D eigenvalue weighted by Gasteiger charge is 2.12. The number of carbonyl (C=O) groups is 1. The van der Waals surface area contributed by atoms with E-state index in [2.05, 4.69) is 20.5 Å². The van der Waals surface area contributed by atoms with Crippen molar-refractivity contribution in [1.82, 2.24) is 20.5 Å². The average Bonchev–Trinajstić information content (AvgIpc) is 2.91. The summed E-state index contributed by atoms with van der Waals surface area (Å²) in [5.74, 6) is -0.162. The second-order valence-electron chi connectivity index (χ2n) is 3.10. The topological polar surface area (TPSA) is 70.7 Å². The lowest BCUT2D eigenvalue weighted by Gasteiger charge is -2.10. The number of thiazole rings is 1. The SMILES string of the molecule is CC(NC(=O)c1cscn1)c1cn[nH]c1. The maximum Gasteiger partial charge on any atom is 0.271 e. The lowest BCUT2D eigenvalue weighted by molar-refractivity contribution is 0.0935. The van der Waals surface area contributed by atoms with Gasteiger partial charge in [-0.25, -0.2) is 4.98 Å². The number of nitrogens with one attached hydrogen (secondary N) is 2. The number of rotatable bonds is 3. The van der Waals surface area contributed by atoms with Gasteiger partial charge in [0.2, 0.25) is 0 Å². The van der Waals surface area contributed by atoms with Gasteiger partial charge in [-0.05, 0) is 6.92 Å². The lowest BCUT2D eigenvalue weighted by Crippen LogP contribution is -2.26. The Bertz CT molecular complexity index is 423. The normalized spacial score (nSPS) is 12.3. The van der Waals surface area contributed by atoms with E-state index in [0.29, 0.717) is 5.69 Å². The van der Waals surface area contributed by atoms with Crippen LogP contribution in [-0.2, 0) is 0 Å². The molecule has 2 aromatic heterocycles. The van der Waals surface area contributed by atoms with Crippen LogP contribution in [0.5, 0.6) is 0 Å². The first-order chi connectivity index (χ1) is 7.27. The molecule has 1 amide bonds. The number of carbonyl (C=O) groups excluding carboxylic acids is 1. The molecule has 2 N–H and O–H groups in total. The number of hydrogen-bond donors (Lipinski definition) is 2. The number of aromatic nitrogens is 3. The zero-order chi connectivity index (χ0) is 10.7. The Morgan fingerprint density at radius 2 is 2.53 bits per heavy atom. The zero-order valence-corrected chi connectivity index (χ0v) is 8.91. The van der Waals surface area contributed by atoms with Gasteiger partial charge in [0.25, 0.3) is 5.91 Å². The number of H-pyrrole nitrogens is 1. The molecule has 0 spiro atoms. The van der Waals surface area contributed by atoms with Gasteiger partial charge in [0.1, 0.15) is 5.69 Å². The second-order valence-corrected chi connectivity index (χ2v) is 3.82. The maximum absolute atomic E-state index is 11.6. The molecule has 2 aromatic rings. The largest absolute Gasteiger partial charge is 0.344 e. The molecule has 0 aliphatic heterocycles. The molecule has 0 aliphatic rings. The Morgan fingerprint density at radius 1 is 1.67 bits per heavy atom. The molecule has 0 fully saturated rings. The van der Waals surface area contributed by atoms with Crippen molar-refractivity contribution < 1.29 is 4.79 Å². The molecule has 6 heteroatoms. The quantitative estimate of drug-likeness (QED) is 0.823. The van der Waals surface area contributed by atoms with Crippen molar-refractivity contribution in [3.63, 3.8) is 0 Å². The summed E-state index contributed by atoms with van der Waals surface area (Å²) in [6.07, 6.45) is 3.44. The molecule has 0 bridgehead atoms. The number of hydrogen-bond acceptors (Lipinski definition) is 4. The van der Waals surface area contributed by atoms with Crippen LogP contribution in [0.25, 0.3) is 0 Å². The number of amides is 1. The summed E-state index contributed by atoms with van der Waals surface area (Å²) in [6, 6.07) is -0.0713. The third-order valence-corrected chi connectivity index (χ3v) is 2.62. The van der Waals surface area contributed by atoms with Gasteiger partial charge in [0.05, 0.1) is 17.7 Å². The minimum absolute atomic E-state index is 0.0713. The van der Waals surface area contributed by atoms with Crippen molar-refractivity contribution in [3.8, 4) is 0 Å². The van der Waals surface area contributed by atoms with Gasteiger partial charge < -0.3 is 5.32 Å². The van der Waals surface area contributed by atoms with Gasteiger partial charge in [0, 0.05) is 17.1 Å². The van der Waals surface area contributed by atoms with Gasteiger partial charge in [-0.2, -0.15) is 5.10 Å². The van der Waals surface area contributed by atoms with E-state index in [-0.39, 0.29) is 11.9 Å². The van der Waals surface area contributed by atoms with Crippen molar-refractivity contribution >= 4 is 17.2 Å². The molecule has 0 saturated heterocycles. The van der Waals surface area contributed by atoms with Crippen LogP contribution in [-0.4, -0.2) is 21.1 Å². The molecule has 15 heavy (non-hydrogen) atoms. The highest BCUT2D eigenvalue weighted by Crippen LogP contribution is 2.10. The monoisotopic (exact) mass is 222 g/mol. The van der Waals surface area contributed by atoms with Crippen molar-refractivity contribution in [2.24, 2.45) is 0 Å². The van der Waals surface area contributed by atoms with Crippen molar-refractivity contribution in [3.05, 3.63) is 34.5 Å². The van der Waals surface area contributed by atoms with Gasteiger partial charge in [0.15, 0.2) is 0 Å².